The number of hydrogen-bond acceptors (Lipinski definition) is 4. The van der Waals surface area contributed by atoms with Crippen LogP contribution < -0.4 is 15.0 Å². The van der Waals surface area contributed by atoms with Crippen molar-refractivity contribution in [1.82, 2.24) is 5.32 Å². The van der Waals surface area contributed by atoms with Crippen molar-refractivity contribution in [2.24, 2.45) is 4.99 Å². The van der Waals surface area contributed by atoms with Gasteiger partial charge in [0.05, 0.1) is 25.4 Å². The fourth-order valence-electron chi connectivity index (χ4n) is 3.69. The quantitative estimate of drug-likeness (QED) is 0.685. The van der Waals surface area contributed by atoms with Gasteiger partial charge in [-0.25, -0.2) is 4.39 Å². The number of methoxy groups -OCH3 is 1. The summed E-state index contributed by atoms with van der Waals surface area (Å²) < 4.78 is 18.9. The molecule has 1 aliphatic heterocycles. The summed E-state index contributed by atoms with van der Waals surface area (Å²) in [6.45, 7) is 0.913. The van der Waals surface area contributed by atoms with Gasteiger partial charge in [-0.05, 0) is 48.5 Å². The van der Waals surface area contributed by atoms with Gasteiger partial charge in [0.15, 0.2) is 0 Å². The molecule has 1 aliphatic rings. The van der Waals surface area contributed by atoms with Crippen LogP contribution in [-0.2, 0) is 0 Å². The molecular formula is C25H24FN3O2. The van der Waals surface area contributed by atoms with E-state index < -0.39 is 0 Å². The molecule has 0 radical (unpaired) electrons. The van der Waals surface area contributed by atoms with Gasteiger partial charge in [-0.1, -0.05) is 18.2 Å². The SMILES string of the molecule is COc1ccc2c(c1)N(C)C(CNC(=O)c1ccccc1)CN=C2c1ccc(F)cc1. The molecule has 4 rings (SSSR count). The molecule has 158 valence electrons. The summed E-state index contributed by atoms with van der Waals surface area (Å²) in [5, 5.41) is 3.02. The van der Waals surface area contributed by atoms with Crippen molar-refractivity contribution in [3.8, 4) is 5.75 Å². The summed E-state index contributed by atoms with van der Waals surface area (Å²) in [6.07, 6.45) is 0. The van der Waals surface area contributed by atoms with Crippen LogP contribution >= 0.6 is 0 Å². The Morgan fingerprint density at radius 3 is 2.58 bits per heavy atom. The van der Waals surface area contributed by atoms with Gasteiger partial charge in [0.25, 0.3) is 5.91 Å². The van der Waals surface area contributed by atoms with Crippen molar-refractivity contribution < 1.29 is 13.9 Å². The Balaban J connectivity index is 1.65. The van der Waals surface area contributed by atoms with Gasteiger partial charge < -0.3 is 15.0 Å². The number of amides is 1. The zero-order valence-electron chi connectivity index (χ0n) is 17.5. The zero-order chi connectivity index (χ0) is 21.8. The summed E-state index contributed by atoms with van der Waals surface area (Å²) in [5.74, 6) is 0.330. The van der Waals surface area contributed by atoms with E-state index in [-0.39, 0.29) is 17.8 Å². The molecule has 1 heterocycles. The third-order valence-corrected chi connectivity index (χ3v) is 5.50. The van der Waals surface area contributed by atoms with Gasteiger partial charge in [-0.15, -0.1) is 0 Å². The molecule has 0 fully saturated rings. The van der Waals surface area contributed by atoms with E-state index >= 15 is 0 Å². The number of carbonyl (C=O) groups is 1. The Morgan fingerprint density at radius 2 is 1.87 bits per heavy atom. The molecule has 0 saturated heterocycles. The largest absolute Gasteiger partial charge is 0.497 e. The summed E-state index contributed by atoms with van der Waals surface area (Å²) in [4.78, 5) is 19.5. The lowest BCUT2D eigenvalue weighted by Crippen LogP contribution is -2.43. The van der Waals surface area contributed by atoms with Gasteiger partial charge in [-0.3, -0.25) is 9.79 Å². The maximum Gasteiger partial charge on any atom is 0.251 e. The van der Waals surface area contributed by atoms with Crippen LogP contribution in [0.2, 0.25) is 0 Å². The number of halogens is 1. The van der Waals surface area contributed by atoms with Crippen LogP contribution in [0, 0.1) is 5.82 Å². The number of hydrogen-bond donors (Lipinski definition) is 1. The van der Waals surface area contributed by atoms with Gasteiger partial charge in [0, 0.05) is 42.0 Å². The molecule has 1 N–H and O–H groups in total. The fourth-order valence-corrected chi connectivity index (χ4v) is 3.69. The summed E-state index contributed by atoms with van der Waals surface area (Å²) >= 11 is 0. The van der Waals surface area contributed by atoms with Gasteiger partial charge in [0.2, 0.25) is 0 Å². The van der Waals surface area contributed by atoms with Crippen LogP contribution in [0.4, 0.5) is 10.1 Å². The van der Waals surface area contributed by atoms with E-state index in [9.17, 15) is 9.18 Å². The van der Waals surface area contributed by atoms with E-state index in [1.54, 1.807) is 31.4 Å². The van der Waals surface area contributed by atoms with E-state index in [0.29, 0.717) is 18.7 Å². The highest BCUT2D eigenvalue weighted by Gasteiger charge is 2.25. The van der Waals surface area contributed by atoms with Gasteiger partial charge in [-0.2, -0.15) is 0 Å². The second-order valence-electron chi connectivity index (χ2n) is 7.42. The predicted octanol–water partition coefficient (Wildman–Crippen LogP) is 3.92. The van der Waals surface area contributed by atoms with Crippen LogP contribution in [0.1, 0.15) is 21.5 Å². The second-order valence-corrected chi connectivity index (χ2v) is 7.42. The van der Waals surface area contributed by atoms with E-state index in [0.717, 1.165) is 28.3 Å². The minimum atomic E-state index is -0.286. The number of nitrogens with zero attached hydrogens (tertiary/aromatic N) is 2. The maximum atomic E-state index is 13.5. The highest BCUT2D eigenvalue weighted by atomic mass is 19.1. The number of aliphatic imine (C=N–C) groups is 1. The summed E-state index contributed by atoms with van der Waals surface area (Å²) in [6, 6.07) is 21.3. The molecule has 6 heteroatoms. The van der Waals surface area contributed by atoms with Crippen molar-refractivity contribution in [3.63, 3.8) is 0 Å². The Kier molecular flexibility index (Phi) is 5.98. The lowest BCUT2D eigenvalue weighted by molar-refractivity contribution is 0.0951. The molecule has 0 aromatic heterocycles. The molecule has 1 amide bonds. The van der Waals surface area contributed by atoms with Gasteiger partial charge >= 0.3 is 0 Å². The van der Waals surface area contributed by atoms with Crippen LogP contribution in [0.5, 0.6) is 5.75 Å². The number of carbonyl (C=O) groups excluding carboxylic acids is 1. The van der Waals surface area contributed by atoms with Crippen molar-refractivity contribution in [1.29, 1.82) is 0 Å². The second kappa shape index (κ2) is 9.00. The van der Waals surface area contributed by atoms with Crippen molar-refractivity contribution >= 4 is 17.3 Å². The third kappa shape index (κ3) is 4.43. The molecule has 3 aromatic rings. The normalized spacial score (nSPS) is 15.5. The minimum absolute atomic E-state index is 0.0588. The molecule has 1 atom stereocenters. The maximum absolute atomic E-state index is 13.5. The van der Waals surface area contributed by atoms with Gasteiger partial charge in [0.1, 0.15) is 11.6 Å². The first-order valence-electron chi connectivity index (χ1n) is 10.1. The molecule has 3 aromatic carbocycles. The molecule has 0 bridgehead atoms. The van der Waals surface area contributed by atoms with Crippen LogP contribution in [0.25, 0.3) is 0 Å². The lowest BCUT2D eigenvalue weighted by atomic mass is 10.00. The minimum Gasteiger partial charge on any atom is -0.497 e. The van der Waals surface area contributed by atoms with E-state index in [4.69, 9.17) is 9.73 Å². The monoisotopic (exact) mass is 417 g/mol. The van der Waals surface area contributed by atoms with E-state index in [2.05, 4.69) is 10.2 Å². The fraction of sp³-hybridized carbons (Fsp3) is 0.200. The molecule has 0 aliphatic carbocycles. The Labute approximate surface area is 181 Å². The molecular weight excluding hydrogens is 393 g/mol. The number of anilines is 1. The van der Waals surface area contributed by atoms with E-state index in [1.807, 2.05) is 43.4 Å². The topological polar surface area (TPSA) is 53.9 Å². The first kappa shape index (κ1) is 20.6. The molecule has 0 spiro atoms. The van der Waals surface area contributed by atoms with Crippen LogP contribution in [-0.4, -0.2) is 44.9 Å². The number of ether oxygens (including phenoxy) is 1. The number of likely N-dealkylation sites (N-methyl/N-ethyl adjacent to an activating group) is 1. The molecule has 5 nitrogen and oxygen atoms in total. The number of benzene rings is 3. The number of benzodiazepines with no additional fused rings is 1. The van der Waals surface area contributed by atoms with E-state index in [1.165, 1.54) is 12.1 Å². The first-order chi connectivity index (χ1) is 15.1. The molecule has 0 saturated carbocycles. The van der Waals surface area contributed by atoms with Crippen LogP contribution in [0.15, 0.2) is 77.8 Å². The zero-order valence-corrected chi connectivity index (χ0v) is 17.5. The summed E-state index contributed by atoms with van der Waals surface area (Å²) in [5.41, 5.74) is 4.14. The average Bonchev–Trinajstić information content (AvgIpc) is 2.95. The van der Waals surface area contributed by atoms with Crippen LogP contribution in [0.3, 0.4) is 0 Å². The third-order valence-electron chi connectivity index (χ3n) is 5.50. The Bertz CT molecular complexity index is 1100. The Morgan fingerprint density at radius 1 is 1.13 bits per heavy atom. The predicted molar refractivity (Wildman–Crippen MR) is 121 cm³/mol. The first-order valence-corrected chi connectivity index (χ1v) is 10.1. The number of fused-ring (bicyclic) bond motifs is 1. The smallest absolute Gasteiger partial charge is 0.251 e. The standard InChI is InChI=1S/C25H24FN3O2/c1-29-20(16-28-25(30)18-6-4-3-5-7-18)15-27-24(17-8-10-19(26)11-9-17)22-13-12-21(31-2)14-23(22)29/h3-14,20H,15-16H2,1-2H3,(H,28,30). The number of rotatable bonds is 5. The average molecular weight is 417 g/mol. The Hall–Kier alpha value is -3.67. The lowest BCUT2D eigenvalue weighted by Gasteiger charge is -2.29. The number of nitrogens with one attached hydrogen (secondary N) is 1. The molecule has 1 unspecified atom stereocenters. The highest BCUT2D eigenvalue weighted by molar-refractivity contribution is 6.16. The molecule has 31 heavy (non-hydrogen) atoms. The highest BCUT2D eigenvalue weighted by Crippen LogP contribution is 2.31. The van der Waals surface area contributed by atoms with Crippen molar-refractivity contribution in [2.75, 3.05) is 32.1 Å². The summed E-state index contributed by atoms with van der Waals surface area (Å²) in [7, 11) is 3.62. The van der Waals surface area contributed by atoms with Crippen molar-refractivity contribution in [2.45, 2.75) is 6.04 Å². The van der Waals surface area contributed by atoms with Crippen molar-refractivity contribution in [3.05, 3.63) is 95.3 Å².